The number of thioether (sulfide) groups is 1. The van der Waals surface area contributed by atoms with Crippen LogP contribution in [0.2, 0.25) is 0 Å². The van der Waals surface area contributed by atoms with E-state index in [1.54, 1.807) is 24.3 Å². The SMILES string of the molecule is CCn1c(Cc2ccccc2)nnc1SCC(=O)Nc1ccc(C(N)=O)cc1. The maximum atomic E-state index is 12.2. The molecule has 3 rings (SSSR count). The fourth-order valence-corrected chi connectivity index (χ4v) is 3.52. The molecular weight excluding hydrogens is 374 g/mol. The summed E-state index contributed by atoms with van der Waals surface area (Å²) >= 11 is 1.34. The Morgan fingerprint density at radius 2 is 1.79 bits per heavy atom. The van der Waals surface area contributed by atoms with E-state index in [0.29, 0.717) is 22.8 Å². The number of carbonyl (C=O) groups is 2. The summed E-state index contributed by atoms with van der Waals surface area (Å²) in [7, 11) is 0. The van der Waals surface area contributed by atoms with Crippen LogP contribution < -0.4 is 11.1 Å². The highest BCUT2D eigenvalue weighted by atomic mass is 32.2. The minimum atomic E-state index is -0.501. The van der Waals surface area contributed by atoms with Crippen LogP contribution in [0.4, 0.5) is 5.69 Å². The highest BCUT2D eigenvalue weighted by molar-refractivity contribution is 7.99. The zero-order valence-corrected chi connectivity index (χ0v) is 16.3. The fourth-order valence-electron chi connectivity index (χ4n) is 2.70. The van der Waals surface area contributed by atoms with Gasteiger partial charge in [0.1, 0.15) is 5.82 Å². The first-order valence-electron chi connectivity index (χ1n) is 8.85. The third-order valence-electron chi connectivity index (χ3n) is 4.10. The van der Waals surface area contributed by atoms with E-state index in [2.05, 4.69) is 27.6 Å². The van der Waals surface area contributed by atoms with E-state index in [0.717, 1.165) is 12.4 Å². The van der Waals surface area contributed by atoms with E-state index >= 15 is 0 Å². The second-order valence-electron chi connectivity index (χ2n) is 6.08. The Kier molecular flexibility index (Phi) is 6.44. The van der Waals surface area contributed by atoms with Crippen molar-refractivity contribution in [2.45, 2.75) is 25.0 Å². The number of anilines is 1. The lowest BCUT2D eigenvalue weighted by atomic mass is 10.1. The maximum Gasteiger partial charge on any atom is 0.248 e. The summed E-state index contributed by atoms with van der Waals surface area (Å²) in [6, 6.07) is 16.5. The molecule has 0 fully saturated rings. The van der Waals surface area contributed by atoms with Gasteiger partial charge in [0.15, 0.2) is 5.16 Å². The van der Waals surface area contributed by atoms with Gasteiger partial charge in [-0.1, -0.05) is 42.1 Å². The minimum Gasteiger partial charge on any atom is -0.366 e. The summed E-state index contributed by atoms with van der Waals surface area (Å²) in [6.07, 6.45) is 0.695. The summed E-state index contributed by atoms with van der Waals surface area (Å²) < 4.78 is 2.02. The van der Waals surface area contributed by atoms with E-state index in [1.165, 1.54) is 17.3 Å². The number of primary amides is 1. The average Bonchev–Trinajstić information content (AvgIpc) is 3.09. The number of hydrogen-bond acceptors (Lipinski definition) is 5. The predicted molar refractivity (Wildman–Crippen MR) is 109 cm³/mol. The van der Waals surface area contributed by atoms with Gasteiger partial charge in [-0.05, 0) is 36.8 Å². The summed E-state index contributed by atoms with van der Waals surface area (Å²) in [6.45, 7) is 2.76. The maximum absolute atomic E-state index is 12.2. The first-order valence-corrected chi connectivity index (χ1v) is 9.84. The highest BCUT2D eigenvalue weighted by Crippen LogP contribution is 2.19. The normalized spacial score (nSPS) is 10.6. The summed E-state index contributed by atoms with van der Waals surface area (Å²) in [5.74, 6) is 0.422. The predicted octanol–water partition coefficient (Wildman–Crippen LogP) is 2.72. The van der Waals surface area contributed by atoms with Crippen molar-refractivity contribution in [3.63, 3.8) is 0 Å². The van der Waals surface area contributed by atoms with Gasteiger partial charge in [-0.15, -0.1) is 10.2 Å². The molecule has 0 bridgehead atoms. The van der Waals surface area contributed by atoms with Crippen LogP contribution in [0.15, 0.2) is 59.8 Å². The Labute approximate surface area is 167 Å². The van der Waals surface area contributed by atoms with Gasteiger partial charge in [-0.25, -0.2) is 0 Å². The van der Waals surface area contributed by atoms with Crippen LogP contribution in [0, 0.1) is 0 Å². The topological polar surface area (TPSA) is 103 Å². The van der Waals surface area contributed by atoms with Crippen LogP contribution in [0.3, 0.4) is 0 Å². The number of amides is 2. The molecule has 0 unspecified atom stereocenters. The van der Waals surface area contributed by atoms with Crippen LogP contribution in [0.5, 0.6) is 0 Å². The van der Waals surface area contributed by atoms with Gasteiger partial charge < -0.3 is 15.6 Å². The number of nitrogens with one attached hydrogen (secondary N) is 1. The number of rotatable bonds is 8. The average molecular weight is 395 g/mol. The fraction of sp³-hybridized carbons (Fsp3) is 0.200. The Bertz CT molecular complexity index is 954. The summed E-state index contributed by atoms with van der Waals surface area (Å²) in [5.41, 5.74) is 7.38. The number of benzene rings is 2. The third kappa shape index (κ3) is 4.98. The van der Waals surface area contributed by atoms with Crippen LogP contribution in [-0.4, -0.2) is 32.3 Å². The van der Waals surface area contributed by atoms with Crippen molar-refractivity contribution >= 4 is 29.3 Å². The molecule has 0 spiro atoms. The van der Waals surface area contributed by atoms with Gasteiger partial charge in [-0.2, -0.15) is 0 Å². The highest BCUT2D eigenvalue weighted by Gasteiger charge is 2.14. The molecule has 0 aliphatic rings. The first kappa shape index (κ1) is 19.6. The molecule has 0 radical (unpaired) electrons. The first-order chi connectivity index (χ1) is 13.6. The molecular formula is C20H21N5O2S. The lowest BCUT2D eigenvalue weighted by Gasteiger charge is -2.08. The Hall–Kier alpha value is -3.13. The van der Waals surface area contributed by atoms with Crippen molar-refractivity contribution in [1.82, 2.24) is 14.8 Å². The molecule has 0 aliphatic carbocycles. The Balaban J connectivity index is 1.59. The second kappa shape index (κ2) is 9.18. The molecule has 0 atom stereocenters. The Morgan fingerprint density at radius 3 is 2.43 bits per heavy atom. The number of hydrogen-bond donors (Lipinski definition) is 2. The molecule has 7 nitrogen and oxygen atoms in total. The Morgan fingerprint density at radius 1 is 1.07 bits per heavy atom. The lowest BCUT2D eigenvalue weighted by Crippen LogP contribution is -2.15. The zero-order valence-electron chi connectivity index (χ0n) is 15.5. The molecule has 2 amide bonds. The molecule has 8 heteroatoms. The van der Waals surface area contributed by atoms with Crippen molar-refractivity contribution in [3.8, 4) is 0 Å². The zero-order chi connectivity index (χ0) is 19.9. The van der Waals surface area contributed by atoms with E-state index in [-0.39, 0.29) is 11.7 Å². The summed E-state index contributed by atoms with van der Waals surface area (Å²) in [4.78, 5) is 23.3. The van der Waals surface area contributed by atoms with E-state index < -0.39 is 5.91 Å². The summed E-state index contributed by atoms with van der Waals surface area (Å²) in [5, 5.41) is 12.0. The molecule has 3 N–H and O–H groups in total. The van der Waals surface area contributed by atoms with E-state index in [4.69, 9.17) is 5.73 Å². The molecule has 0 aliphatic heterocycles. The smallest absolute Gasteiger partial charge is 0.248 e. The van der Waals surface area contributed by atoms with Gasteiger partial charge in [0.25, 0.3) is 0 Å². The number of nitrogens with two attached hydrogens (primary N) is 1. The van der Waals surface area contributed by atoms with Crippen LogP contribution >= 0.6 is 11.8 Å². The molecule has 0 saturated carbocycles. The minimum absolute atomic E-state index is 0.160. The third-order valence-corrected chi connectivity index (χ3v) is 5.07. The molecule has 1 heterocycles. The monoisotopic (exact) mass is 395 g/mol. The van der Waals surface area contributed by atoms with Crippen LogP contribution in [0.25, 0.3) is 0 Å². The molecule has 28 heavy (non-hydrogen) atoms. The quantitative estimate of drug-likeness (QED) is 0.571. The van der Waals surface area contributed by atoms with Gasteiger partial charge >= 0.3 is 0 Å². The molecule has 2 aromatic carbocycles. The van der Waals surface area contributed by atoms with E-state index in [1.807, 2.05) is 29.7 Å². The molecule has 0 saturated heterocycles. The van der Waals surface area contributed by atoms with Crippen LogP contribution in [0.1, 0.15) is 28.7 Å². The van der Waals surface area contributed by atoms with Crippen molar-refractivity contribution < 1.29 is 9.59 Å². The second-order valence-corrected chi connectivity index (χ2v) is 7.03. The standard InChI is InChI=1S/C20H21N5O2S/c1-2-25-17(12-14-6-4-3-5-7-14)23-24-20(25)28-13-18(26)22-16-10-8-15(9-11-16)19(21)27/h3-11H,2,12-13H2,1H3,(H2,21,27)(H,22,26). The largest absolute Gasteiger partial charge is 0.366 e. The van der Waals surface area contributed by atoms with Crippen molar-refractivity contribution in [1.29, 1.82) is 0 Å². The van der Waals surface area contributed by atoms with E-state index in [9.17, 15) is 9.59 Å². The van der Waals surface area contributed by atoms with Gasteiger partial charge in [0.05, 0.1) is 5.75 Å². The van der Waals surface area contributed by atoms with Gasteiger partial charge in [0.2, 0.25) is 11.8 Å². The van der Waals surface area contributed by atoms with Crippen molar-refractivity contribution in [2.24, 2.45) is 5.73 Å². The molecule has 144 valence electrons. The van der Waals surface area contributed by atoms with Crippen LogP contribution in [-0.2, 0) is 17.8 Å². The van der Waals surface area contributed by atoms with Crippen molar-refractivity contribution in [2.75, 3.05) is 11.1 Å². The number of carbonyl (C=O) groups excluding carboxylic acids is 2. The number of nitrogens with zero attached hydrogens (tertiary/aromatic N) is 3. The molecule has 1 aromatic heterocycles. The van der Waals surface area contributed by atoms with Gasteiger partial charge in [-0.3, -0.25) is 9.59 Å². The lowest BCUT2D eigenvalue weighted by molar-refractivity contribution is -0.113. The van der Waals surface area contributed by atoms with Crippen molar-refractivity contribution in [3.05, 3.63) is 71.5 Å². The number of aromatic nitrogens is 3. The van der Waals surface area contributed by atoms with Gasteiger partial charge in [0, 0.05) is 24.2 Å². The molecule has 3 aromatic rings.